The van der Waals surface area contributed by atoms with E-state index in [0.717, 1.165) is 6.07 Å². The summed E-state index contributed by atoms with van der Waals surface area (Å²) in [5.41, 5.74) is 4.10. The van der Waals surface area contributed by atoms with E-state index in [2.05, 4.69) is 10.1 Å². The number of likely N-dealkylation sites (N-methyl/N-ethyl adjacent to an activating group) is 1. The zero-order valence-corrected chi connectivity index (χ0v) is 21.8. The first-order chi connectivity index (χ1) is 18.8. The fraction of sp³-hybridized carbons (Fsp3) is 0.519. The number of ether oxygens (including phenoxy) is 1. The number of hydrogen-bond donors (Lipinski definition) is 5. The molecule has 1 aliphatic heterocycles. The Hall–Kier alpha value is -3.58. The normalized spacial score (nSPS) is 28.5. The number of aliphatic hydroxyl groups excluding tert-OH is 2. The van der Waals surface area contributed by atoms with E-state index in [0.29, 0.717) is 25.9 Å². The second-order valence-corrected chi connectivity index (χ2v) is 10.8. The second-order valence-electron chi connectivity index (χ2n) is 10.8. The van der Waals surface area contributed by atoms with Gasteiger partial charge in [-0.2, -0.15) is 0 Å². The molecule has 0 bridgehead atoms. The van der Waals surface area contributed by atoms with Crippen molar-refractivity contribution in [3.05, 3.63) is 39.7 Å². The first kappa shape index (κ1) is 28.0. The van der Waals surface area contributed by atoms with E-state index in [9.17, 15) is 42.9 Å². The van der Waals surface area contributed by atoms with Crippen molar-refractivity contribution in [3.8, 4) is 11.5 Å². The number of hydrogen-bond acceptors (Lipinski definition) is 9. The monoisotopic (exact) mass is 565 g/mol. The number of ketones is 2. The quantitative estimate of drug-likeness (QED) is 0.267. The molecule has 5 rings (SSSR count). The lowest BCUT2D eigenvalue weighted by Gasteiger charge is -2.46. The molecular weight excluding hydrogens is 535 g/mol. The van der Waals surface area contributed by atoms with Gasteiger partial charge in [-0.3, -0.25) is 19.3 Å². The number of fused-ring (bicyclic) bond motifs is 3. The third-order valence-electron chi connectivity index (χ3n) is 8.61. The highest BCUT2D eigenvalue weighted by Gasteiger charge is 2.56. The molecule has 0 spiro atoms. The predicted octanol–water partition coefficient (Wildman–Crippen LogP) is 2.56. The number of rotatable bonds is 5. The topological polar surface area (TPSA) is 162 Å². The molecule has 0 aromatic heterocycles. The minimum absolute atomic E-state index is 0.0181. The minimum atomic E-state index is -5.07. The van der Waals surface area contributed by atoms with Gasteiger partial charge in [-0.15, -0.1) is 13.2 Å². The number of nitrogens with one attached hydrogen (secondary N) is 1. The summed E-state index contributed by atoms with van der Waals surface area (Å²) in [6.07, 6.45) is -4.05. The van der Waals surface area contributed by atoms with Gasteiger partial charge in [-0.1, -0.05) is 6.92 Å². The number of nitrogens with zero attached hydrogens (tertiary/aromatic N) is 1. The average Bonchev–Trinajstić information content (AvgIpc) is 3.38. The zero-order chi connectivity index (χ0) is 29.3. The molecule has 0 radical (unpaired) electrons. The molecule has 4 aliphatic rings. The van der Waals surface area contributed by atoms with Crippen LogP contribution in [-0.4, -0.2) is 70.2 Å². The van der Waals surface area contributed by atoms with Crippen molar-refractivity contribution in [2.75, 3.05) is 20.1 Å². The Bertz CT molecular complexity index is 1360. The van der Waals surface area contributed by atoms with E-state index in [1.165, 1.54) is 0 Å². The molecule has 216 valence electrons. The van der Waals surface area contributed by atoms with Gasteiger partial charge < -0.3 is 31.1 Å². The van der Waals surface area contributed by atoms with Crippen LogP contribution in [0.3, 0.4) is 0 Å². The molecule has 1 amide bonds. The summed E-state index contributed by atoms with van der Waals surface area (Å²) < 4.78 is 45.3. The summed E-state index contributed by atoms with van der Waals surface area (Å²) in [4.78, 5) is 40.9. The van der Waals surface area contributed by atoms with Crippen LogP contribution >= 0.6 is 0 Å². The molecule has 3 aliphatic carbocycles. The molecule has 1 aromatic carbocycles. The van der Waals surface area contributed by atoms with Crippen molar-refractivity contribution in [1.29, 1.82) is 0 Å². The highest BCUT2D eigenvalue weighted by molar-refractivity contribution is 6.28. The van der Waals surface area contributed by atoms with Crippen molar-refractivity contribution < 1.29 is 47.6 Å². The first-order valence-corrected chi connectivity index (χ1v) is 13.1. The Morgan fingerprint density at radius 3 is 2.50 bits per heavy atom. The fourth-order valence-electron chi connectivity index (χ4n) is 6.89. The van der Waals surface area contributed by atoms with Gasteiger partial charge in [0.2, 0.25) is 0 Å². The number of benzene rings is 1. The van der Waals surface area contributed by atoms with Crippen LogP contribution < -0.4 is 15.8 Å². The number of halogens is 3. The Kier molecular flexibility index (Phi) is 6.86. The van der Waals surface area contributed by atoms with Gasteiger partial charge in [0.05, 0.1) is 17.5 Å². The maximum absolute atomic E-state index is 13.8. The number of primary amides is 1. The van der Waals surface area contributed by atoms with Crippen LogP contribution in [0.5, 0.6) is 11.5 Å². The smallest absolute Gasteiger partial charge is 0.510 e. The summed E-state index contributed by atoms with van der Waals surface area (Å²) >= 11 is 0. The summed E-state index contributed by atoms with van der Waals surface area (Å²) in [6.45, 7) is 2.70. The Balaban J connectivity index is 1.68. The van der Waals surface area contributed by atoms with Gasteiger partial charge in [0, 0.05) is 22.7 Å². The average molecular weight is 566 g/mol. The lowest BCUT2D eigenvalue weighted by atomic mass is 9.59. The minimum Gasteiger partial charge on any atom is -0.510 e. The molecule has 6 N–H and O–H groups in total. The third-order valence-corrected chi connectivity index (χ3v) is 8.61. The van der Waals surface area contributed by atoms with Crippen LogP contribution in [0.25, 0.3) is 5.76 Å². The number of aromatic hydroxyl groups is 1. The highest BCUT2D eigenvalue weighted by Crippen LogP contribution is 2.53. The van der Waals surface area contributed by atoms with Gasteiger partial charge in [0.1, 0.15) is 28.6 Å². The largest absolute Gasteiger partial charge is 0.573 e. The number of carbonyl (C=O) groups is 3. The molecule has 1 heterocycles. The summed E-state index contributed by atoms with van der Waals surface area (Å²) in [7, 11) is 1.63. The Morgan fingerprint density at radius 1 is 1.23 bits per heavy atom. The molecule has 1 saturated carbocycles. The number of carbonyl (C=O) groups excluding carboxylic acids is 3. The molecular formula is C27H30F3N3O7. The molecule has 1 aromatic rings. The summed E-state index contributed by atoms with van der Waals surface area (Å²) in [5, 5.41) is 36.2. The number of phenolic OH excluding ortho intramolecular Hbond substituents is 1. The number of alkyl halides is 3. The fourth-order valence-corrected chi connectivity index (χ4v) is 6.89. The van der Waals surface area contributed by atoms with Crippen LogP contribution in [0.1, 0.15) is 48.9 Å². The maximum atomic E-state index is 13.8. The van der Waals surface area contributed by atoms with Gasteiger partial charge in [0.25, 0.3) is 5.91 Å². The lowest BCUT2D eigenvalue weighted by Crippen LogP contribution is -2.56. The zero-order valence-electron chi connectivity index (χ0n) is 21.8. The lowest BCUT2D eigenvalue weighted by molar-refractivity contribution is -0.275. The second kappa shape index (κ2) is 9.81. The van der Waals surface area contributed by atoms with Gasteiger partial charge in [-0.05, 0) is 63.7 Å². The first-order valence-electron chi connectivity index (χ1n) is 13.1. The standard InChI is InChI=1S/C27H30F3N3O7/c1-3-33(2)20-12-7-10-8-13-17(15(34)9-11(14-5-4-6-32-14)25(13)40-27(28,29)30)21(35)16(10)22(36)18(12)23(37)19(24(20)38)26(31)39/h9-10,12,14,18,20,32,34-35,38H,3-8H2,1-2H3,(H2,31,39)/t10?,12?,14?,18?,20-/m0/s1. The number of phenols is 1. The number of aliphatic hydroxyl groups is 2. The number of nitrogens with two attached hydrogens (primary N) is 1. The van der Waals surface area contributed by atoms with Crippen LogP contribution in [0.4, 0.5) is 13.2 Å². The number of allylic oxidation sites excluding steroid dienone is 1. The summed E-state index contributed by atoms with van der Waals surface area (Å²) in [5.74, 6) is -8.52. The van der Waals surface area contributed by atoms with Gasteiger partial charge in [0.15, 0.2) is 11.6 Å². The van der Waals surface area contributed by atoms with E-state index in [1.807, 2.05) is 0 Å². The number of amides is 1. The van der Waals surface area contributed by atoms with E-state index >= 15 is 0 Å². The molecule has 40 heavy (non-hydrogen) atoms. The van der Waals surface area contributed by atoms with Crippen LogP contribution in [0.15, 0.2) is 23.0 Å². The van der Waals surface area contributed by atoms with Crippen molar-refractivity contribution in [2.45, 2.75) is 51.1 Å². The molecule has 4 unspecified atom stereocenters. The SMILES string of the molecule is CCN(C)[C@@H]1C(O)=C(C(N)=O)C(=O)C2C(=O)C3=C(O)c4c(O)cc(C5CCCN5)c(OC(F)(F)F)c4CC3CC21. The van der Waals surface area contributed by atoms with Gasteiger partial charge in [-0.25, -0.2) is 0 Å². The molecule has 1 saturated heterocycles. The van der Waals surface area contributed by atoms with E-state index in [-0.39, 0.29) is 35.1 Å². The molecule has 2 fully saturated rings. The Labute approximate surface area is 227 Å². The van der Waals surface area contributed by atoms with E-state index in [1.54, 1.807) is 18.9 Å². The number of Topliss-reactive ketones (excluding diaryl/α,β-unsaturated/α-hetero) is 2. The van der Waals surface area contributed by atoms with Crippen LogP contribution in [0, 0.1) is 17.8 Å². The van der Waals surface area contributed by atoms with Crippen LogP contribution in [-0.2, 0) is 20.8 Å². The summed E-state index contributed by atoms with van der Waals surface area (Å²) in [6, 6.07) is -0.371. The van der Waals surface area contributed by atoms with Crippen molar-refractivity contribution in [1.82, 2.24) is 10.2 Å². The van der Waals surface area contributed by atoms with Crippen LogP contribution in [0.2, 0.25) is 0 Å². The Morgan fingerprint density at radius 2 is 1.93 bits per heavy atom. The molecule has 5 atom stereocenters. The maximum Gasteiger partial charge on any atom is 0.573 e. The van der Waals surface area contributed by atoms with E-state index in [4.69, 9.17) is 5.73 Å². The van der Waals surface area contributed by atoms with E-state index < -0.39 is 82.3 Å². The molecule has 13 heteroatoms. The van der Waals surface area contributed by atoms with Crippen molar-refractivity contribution in [2.24, 2.45) is 23.5 Å². The highest BCUT2D eigenvalue weighted by atomic mass is 19.4. The third kappa shape index (κ3) is 4.31. The predicted molar refractivity (Wildman–Crippen MR) is 134 cm³/mol. The molecule has 10 nitrogen and oxygen atoms in total. The van der Waals surface area contributed by atoms with Gasteiger partial charge >= 0.3 is 6.36 Å². The van der Waals surface area contributed by atoms with Crippen molar-refractivity contribution in [3.63, 3.8) is 0 Å². The van der Waals surface area contributed by atoms with Crippen molar-refractivity contribution >= 4 is 23.2 Å².